The van der Waals surface area contributed by atoms with Crippen LogP contribution in [0.25, 0.3) is 0 Å². The molecule has 4 rings (SSSR count). The van der Waals surface area contributed by atoms with E-state index < -0.39 is 12.0 Å². The SMILES string of the molecule is COCCOC(=O)C1=C(C)N=C2SC=C(CC(=O)NCCN3CCOCC3)N2[C@@H]1c1cccc(OC)c1. The fourth-order valence-electron chi connectivity index (χ4n) is 4.46. The first kappa shape index (κ1) is 27.2. The van der Waals surface area contributed by atoms with E-state index >= 15 is 0 Å². The van der Waals surface area contributed by atoms with Crippen molar-refractivity contribution in [2.24, 2.45) is 4.99 Å². The van der Waals surface area contributed by atoms with Gasteiger partial charge in [0.25, 0.3) is 0 Å². The second kappa shape index (κ2) is 13.1. The summed E-state index contributed by atoms with van der Waals surface area (Å²) in [5.41, 5.74) is 2.62. The molecule has 1 saturated heterocycles. The van der Waals surface area contributed by atoms with Crippen LogP contribution in [0, 0.1) is 0 Å². The molecule has 0 spiro atoms. The smallest absolute Gasteiger partial charge is 0.338 e. The van der Waals surface area contributed by atoms with Crippen LogP contribution < -0.4 is 10.1 Å². The summed E-state index contributed by atoms with van der Waals surface area (Å²) in [5, 5.41) is 5.67. The summed E-state index contributed by atoms with van der Waals surface area (Å²) in [6.45, 7) is 6.79. The number of hydrogen-bond acceptors (Lipinski definition) is 10. The fourth-order valence-corrected chi connectivity index (χ4v) is 5.42. The zero-order valence-corrected chi connectivity index (χ0v) is 22.3. The van der Waals surface area contributed by atoms with E-state index in [1.807, 2.05) is 34.6 Å². The number of amidine groups is 1. The number of amides is 1. The number of esters is 1. The number of thioether (sulfide) groups is 1. The Morgan fingerprint density at radius 2 is 2.03 bits per heavy atom. The van der Waals surface area contributed by atoms with Gasteiger partial charge in [0.1, 0.15) is 12.4 Å². The molecule has 1 aromatic carbocycles. The van der Waals surface area contributed by atoms with Crippen LogP contribution in [0.15, 0.2) is 51.6 Å². The molecule has 200 valence electrons. The average molecular weight is 531 g/mol. The third kappa shape index (κ3) is 6.72. The predicted octanol–water partition coefficient (Wildman–Crippen LogP) is 2.30. The summed E-state index contributed by atoms with van der Waals surface area (Å²) in [6.07, 6.45) is 0.167. The van der Waals surface area contributed by atoms with Gasteiger partial charge in [-0.05, 0) is 30.0 Å². The summed E-state index contributed by atoms with van der Waals surface area (Å²) < 4.78 is 21.4. The van der Waals surface area contributed by atoms with Gasteiger partial charge in [0, 0.05) is 39.0 Å². The Kier molecular flexibility index (Phi) is 9.62. The lowest BCUT2D eigenvalue weighted by atomic mass is 9.93. The van der Waals surface area contributed by atoms with E-state index in [0.717, 1.165) is 49.3 Å². The largest absolute Gasteiger partial charge is 0.497 e. The topological polar surface area (TPSA) is 102 Å². The van der Waals surface area contributed by atoms with Crippen LogP contribution in [0.2, 0.25) is 0 Å². The Bertz CT molecular complexity index is 1080. The maximum Gasteiger partial charge on any atom is 0.338 e. The molecule has 3 heterocycles. The third-order valence-electron chi connectivity index (χ3n) is 6.35. The van der Waals surface area contributed by atoms with Gasteiger partial charge >= 0.3 is 5.97 Å². The number of nitrogens with zero attached hydrogens (tertiary/aromatic N) is 3. The lowest BCUT2D eigenvalue weighted by Gasteiger charge is -2.36. The maximum absolute atomic E-state index is 13.2. The van der Waals surface area contributed by atoms with Gasteiger partial charge in [-0.15, -0.1) is 0 Å². The molecular weight excluding hydrogens is 496 g/mol. The summed E-state index contributed by atoms with van der Waals surface area (Å²) >= 11 is 1.44. The molecule has 0 unspecified atom stereocenters. The Balaban J connectivity index is 1.53. The number of hydrogen-bond donors (Lipinski definition) is 1. The van der Waals surface area contributed by atoms with Crippen LogP contribution in [0.4, 0.5) is 0 Å². The lowest BCUT2D eigenvalue weighted by molar-refractivity contribution is -0.141. The Hall–Kier alpha value is -2.86. The normalized spacial score (nSPS) is 19.8. The molecule has 10 nitrogen and oxygen atoms in total. The van der Waals surface area contributed by atoms with Crippen LogP contribution in [0.3, 0.4) is 0 Å². The van der Waals surface area contributed by atoms with Crippen molar-refractivity contribution < 1.29 is 28.5 Å². The number of allylic oxidation sites excluding steroid dienone is 1. The highest BCUT2D eigenvalue weighted by molar-refractivity contribution is 8.16. The first-order valence-corrected chi connectivity index (χ1v) is 13.2. The van der Waals surface area contributed by atoms with E-state index in [1.165, 1.54) is 11.8 Å². The van der Waals surface area contributed by atoms with Crippen LogP contribution in [0.1, 0.15) is 24.9 Å². The molecule has 3 aliphatic heterocycles. The van der Waals surface area contributed by atoms with E-state index in [2.05, 4.69) is 10.2 Å². The van der Waals surface area contributed by atoms with Crippen molar-refractivity contribution in [3.05, 3.63) is 52.2 Å². The Morgan fingerprint density at radius 3 is 2.78 bits per heavy atom. The highest BCUT2D eigenvalue weighted by Gasteiger charge is 2.41. The molecule has 1 aromatic rings. The number of carbonyl (C=O) groups is 2. The number of methoxy groups -OCH3 is 2. The summed E-state index contributed by atoms with van der Waals surface area (Å²) in [5.74, 6) is 0.127. The number of ether oxygens (including phenoxy) is 4. The van der Waals surface area contributed by atoms with Gasteiger partial charge in [0.15, 0.2) is 5.17 Å². The Labute approximate surface area is 221 Å². The van der Waals surface area contributed by atoms with Crippen LogP contribution in [0.5, 0.6) is 5.75 Å². The van der Waals surface area contributed by atoms with E-state index in [1.54, 1.807) is 21.1 Å². The number of carbonyl (C=O) groups excluding carboxylic acids is 2. The van der Waals surface area contributed by atoms with E-state index in [-0.39, 0.29) is 18.9 Å². The lowest BCUT2D eigenvalue weighted by Crippen LogP contribution is -2.42. The first-order valence-electron chi connectivity index (χ1n) is 12.3. The number of nitrogens with one attached hydrogen (secondary N) is 1. The Morgan fingerprint density at radius 1 is 1.22 bits per heavy atom. The molecular formula is C26H34N4O6S. The molecule has 37 heavy (non-hydrogen) atoms. The standard InChI is InChI=1S/C26H34N4O6S/c1-18-23(25(32)36-14-13-33-2)24(19-5-4-6-21(15-19)34-3)30-20(17-37-26(30)28-18)16-22(31)27-7-8-29-9-11-35-12-10-29/h4-6,15,17,24H,7-14,16H2,1-3H3,(H,27,31)/t24-/m1/s1. The number of fused-ring (bicyclic) bond motifs is 1. The second-order valence-corrected chi connectivity index (χ2v) is 9.62. The molecule has 1 fully saturated rings. The highest BCUT2D eigenvalue weighted by Crippen LogP contribution is 2.45. The van der Waals surface area contributed by atoms with E-state index in [0.29, 0.717) is 30.2 Å². The summed E-state index contributed by atoms with van der Waals surface area (Å²) in [4.78, 5) is 35.1. The van der Waals surface area contributed by atoms with Crippen molar-refractivity contribution in [1.29, 1.82) is 0 Å². The minimum atomic E-state index is -0.514. The maximum atomic E-state index is 13.2. The van der Waals surface area contributed by atoms with Gasteiger partial charge in [-0.25, -0.2) is 9.79 Å². The zero-order valence-electron chi connectivity index (χ0n) is 21.5. The van der Waals surface area contributed by atoms with Gasteiger partial charge in [-0.3, -0.25) is 9.69 Å². The molecule has 0 bridgehead atoms. The number of rotatable bonds is 11. The predicted molar refractivity (Wildman–Crippen MR) is 141 cm³/mol. The zero-order chi connectivity index (χ0) is 26.2. The summed E-state index contributed by atoms with van der Waals surface area (Å²) in [7, 11) is 3.16. The number of benzene rings is 1. The number of aliphatic imine (C=N–C) groups is 1. The second-order valence-electron chi connectivity index (χ2n) is 8.78. The van der Waals surface area contributed by atoms with Gasteiger partial charge in [0.05, 0.1) is 50.7 Å². The van der Waals surface area contributed by atoms with Crippen LogP contribution in [-0.4, -0.2) is 93.7 Å². The first-order chi connectivity index (χ1) is 18.0. The third-order valence-corrected chi connectivity index (χ3v) is 7.24. The molecule has 0 saturated carbocycles. The molecule has 11 heteroatoms. The van der Waals surface area contributed by atoms with Gasteiger partial charge < -0.3 is 29.2 Å². The van der Waals surface area contributed by atoms with Crippen molar-refractivity contribution in [1.82, 2.24) is 15.1 Å². The van der Waals surface area contributed by atoms with Gasteiger partial charge in [-0.2, -0.15) is 0 Å². The molecule has 3 aliphatic rings. The average Bonchev–Trinajstić information content (AvgIpc) is 3.30. The minimum Gasteiger partial charge on any atom is -0.497 e. The molecule has 0 aliphatic carbocycles. The van der Waals surface area contributed by atoms with Crippen molar-refractivity contribution in [2.45, 2.75) is 19.4 Å². The quantitative estimate of drug-likeness (QED) is 0.341. The number of morpholine rings is 1. The van der Waals surface area contributed by atoms with E-state index in [4.69, 9.17) is 23.9 Å². The molecule has 1 N–H and O–H groups in total. The van der Waals surface area contributed by atoms with Gasteiger partial charge in [-0.1, -0.05) is 23.9 Å². The minimum absolute atomic E-state index is 0.0822. The molecule has 0 aromatic heterocycles. The summed E-state index contributed by atoms with van der Waals surface area (Å²) in [6, 6.07) is 7.06. The van der Waals surface area contributed by atoms with Crippen LogP contribution in [-0.2, 0) is 23.8 Å². The molecule has 0 radical (unpaired) electrons. The molecule has 1 amide bonds. The van der Waals surface area contributed by atoms with Crippen molar-refractivity contribution in [3.8, 4) is 5.75 Å². The van der Waals surface area contributed by atoms with Crippen molar-refractivity contribution in [3.63, 3.8) is 0 Å². The van der Waals surface area contributed by atoms with Gasteiger partial charge in [0.2, 0.25) is 5.91 Å². The monoisotopic (exact) mass is 530 g/mol. The van der Waals surface area contributed by atoms with E-state index in [9.17, 15) is 9.59 Å². The fraction of sp³-hybridized carbons (Fsp3) is 0.500. The highest BCUT2D eigenvalue weighted by atomic mass is 32.2. The molecule has 1 atom stereocenters. The van der Waals surface area contributed by atoms with Crippen LogP contribution >= 0.6 is 11.8 Å². The van der Waals surface area contributed by atoms with Crippen molar-refractivity contribution in [2.75, 3.05) is 66.8 Å². The van der Waals surface area contributed by atoms with Crippen molar-refractivity contribution >= 4 is 28.8 Å².